The molecule has 0 saturated heterocycles. The highest BCUT2D eigenvalue weighted by atomic mass is 14.8. The molecular formula is C2H5N3. The van der Waals surface area contributed by atoms with Crippen molar-refractivity contribution in [3.05, 3.63) is 5.82 Å². The molecule has 0 radical (unpaired) electrons. The molecule has 0 rings (SSSR count). The summed E-state index contributed by atoms with van der Waals surface area (Å²) in [6, 6.07) is 0. The van der Waals surface area contributed by atoms with Crippen LogP contribution in [0.3, 0.4) is 0 Å². The summed E-state index contributed by atoms with van der Waals surface area (Å²) in [5, 5.41) is 6.12. The predicted molar refractivity (Wildman–Crippen MR) is 19.6 cm³/mol. The maximum atomic E-state index is 6.12. The van der Waals surface area contributed by atoms with Crippen LogP contribution in [0.5, 0.6) is 0 Å². The summed E-state index contributed by atoms with van der Waals surface area (Å²) in [7, 11) is 0. The first-order chi connectivity index (χ1) is 2.27. The van der Waals surface area contributed by atoms with Gasteiger partial charge in [-0.1, -0.05) is 0 Å². The Labute approximate surface area is 29.8 Å². The molecule has 5 N–H and O–H groups in total. The highest BCUT2D eigenvalue weighted by molar-refractivity contribution is 5.50. The third kappa shape index (κ3) is 3.05. The molecule has 0 bridgehead atoms. The number of hydrogen-bond donors (Lipinski definition) is 3. The van der Waals surface area contributed by atoms with Gasteiger partial charge in [-0.3, -0.25) is 5.41 Å². The van der Waals surface area contributed by atoms with Gasteiger partial charge in [-0.25, -0.2) is 0 Å². The Morgan fingerprint density at radius 2 is 1.80 bits per heavy atom. The van der Waals surface area contributed by atoms with E-state index in [1.165, 1.54) is 0 Å². The molecule has 0 fully saturated rings. The molecule has 0 amide bonds. The lowest BCUT2D eigenvalue weighted by atomic mass is 10.9. The van der Waals surface area contributed by atoms with Gasteiger partial charge >= 0.3 is 0 Å². The molecular weight excluding hydrogens is 66.0 g/mol. The van der Waals surface area contributed by atoms with Gasteiger partial charge in [0.25, 0.3) is 0 Å². The van der Waals surface area contributed by atoms with E-state index in [0.717, 1.165) is 0 Å². The minimum Gasteiger partial charge on any atom is -0.378 e. The third-order valence-corrected chi connectivity index (χ3v) is 0.144. The molecule has 0 aliphatic carbocycles. The zero-order valence-corrected chi connectivity index (χ0v) is 2.65. The molecule has 0 aromatic rings. The average Bonchev–Trinajstić information content (AvgIpc) is 1.38. The van der Waals surface area contributed by atoms with Crippen molar-refractivity contribution in [1.29, 1.82) is 5.41 Å². The van der Waals surface area contributed by atoms with E-state index in [1.807, 2.05) is 0 Å². The van der Waals surface area contributed by atoms with Gasteiger partial charge in [0.2, 0.25) is 0 Å². The summed E-state index contributed by atoms with van der Waals surface area (Å²) >= 11 is 0. The van der Waals surface area contributed by atoms with E-state index in [1.54, 1.807) is 5.87 Å². The Morgan fingerprint density at radius 1 is 1.60 bits per heavy atom. The Kier molecular flexibility index (Phi) is 1.12. The first-order valence-corrected chi connectivity index (χ1v) is 1.08. The molecule has 3 heteroatoms. The van der Waals surface area contributed by atoms with Crippen LogP contribution in [0.25, 0.3) is 0 Å². The maximum Gasteiger partial charge on any atom is 0.157 e. The Hall–Kier alpha value is -0.950. The van der Waals surface area contributed by atoms with Gasteiger partial charge in [0, 0.05) is 5.87 Å². The second-order valence-electron chi connectivity index (χ2n) is 0.580. The fraction of sp³-hybridized carbons (Fsp3) is 0. The van der Waals surface area contributed by atoms with Crippen molar-refractivity contribution >= 4 is 5.87 Å². The number of nitrogens with two attached hydrogens (primary N) is 2. The Balaban J connectivity index is 3.60. The minimum absolute atomic E-state index is 0.0787. The number of rotatable bonds is 0. The van der Waals surface area contributed by atoms with Gasteiger partial charge in [-0.2, -0.15) is 0 Å². The lowest BCUT2D eigenvalue weighted by Crippen LogP contribution is -2.07. The van der Waals surface area contributed by atoms with Crippen LogP contribution >= 0.6 is 0 Å². The summed E-state index contributed by atoms with van der Waals surface area (Å²) in [4.78, 5) is 0. The largest absolute Gasteiger partial charge is 0.378 e. The van der Waals surface area contributed by atoms with Crippen LogP contribution in [0.2, 0.25) is 0 Å². The van der Waals surface area contributed by atoms with E-state index < -0.39 is 0 Å². The number of nitrogens with one attached hydrogen (secondary N) is 1. The van der Waals surface area contributed by atoms with Gasteiger partial charge in [0.15, 0.2) is 5.82 Å². The van der Waals surface area contributed by atoms with Gasteiger partial charge in [0.1, 0.15) is 0 Å². The van der Waals surface area contributed by atoms with Crippen molar-refractivity contribution in [2.24, 2.45) is 11.5 Å². The van der Waals surface area contributed by atoms with Crippen molar-refractivity contribution in [3.8, 4) is 0 Å². The van der Waals surface area contributed by atoms with Crippen molar-refractivity contribution in [2.75, 3.05) is 0 Å². The molecule has 5 heavy (non-hydrogen) atoms. The van der Waals surface area contributed by atoms with E-state index >= 15 is 0 Å². The summed E-state index contributed by atoms with van der Waals surface area (Å²) < 4.78 is 0. The van der Waals surface area contributed by atoms with Crippen LogP contribution < -0.4 is 11.5 Å². The molecule has 0 aliphatic heterocycles. The Bertz CT molecular complexity index is 65.0. The molecule has 0 atom stereocenters. The highest BCUT2D eigenvalue weighted by Crippen LogP contribution is 1.38. The molecule has 3 nitrogen and oxygen atoms in total. The van der Waals surface area contributed by atoms with E-state index in [2.05, 4.69) is 11.5 Å². The van der Waals surface area contributed by atoms with Gasteiger partial charge < -0.3 is 11.5 Å². The van der Waals surface area contributed by atoms with Crippen molar-refractivity contribution < 1.29 is 0 Å². The van der Waals surface area contributed by atoms with Crippen LogP contribution in [-0.4, -0.2) is 5.87 Å². The lowest BCUT2D eigenvalue weighted by Gasteiger charge is -1.71. The molecule has 0 unspecified atom stereocenters. The normalized spacial score (nSPS) is 5.60. The van der Waals surface area contributed by atoms with E-state index in [0.29, 0.717) is 0 Å². The van der Waals surface area contributed by atoms with Crippen molar-refractivity contribution in [3.63, 3.8) is 0 Å². The predicted octanol–water partition coefficient (Wildman–Crippen LogP) is -1.01. The fourth-order valence-electron chi connectivity index (χ4n) is 0. The fourth-order valence-corrected chi connectivity index (χ4v) is 0. The van der Waals surface area contributed by atoms with Crippen LogP contribution in [0.1, 0.15) is 0 Å². The molecule has 0 saturated carbocycles. The minimum atomic E-state index is -0.0787. The van der Waals surface area contributed by atoms with Crippen LogP contribution in [-0.2, 0) is 0 Å². The molecule has 0 spiro atoms. The summed E-state index contributed by atoms with van der Waals surface area (Å²) in [5.74, 6) is 1.67. The van der Waals surface area contributed by atoms with E-state index in [9.17, 15) is 0 Å². The van der Waals surface area contributed by atoms with Gasteiger partial charge in [0.05, 0.1) is 0 Å². The molecule has 0 aromatic heterocycles. The van der Waals surface area contributed by atoms with Gasteiger partial charge in [-0.05, 0) is 0 Å². The third-order valence-electron chi connectivity index (χ3n) is 0.144. The summed E-state index contributed by atoms with van der Waals surface area (Å²) in [6.07, 6.45) is 0. The summed E-state index contributed by atoms with van der Waals surface area (Å²) in [6.45, 7) is 0. The van der Waals surface area contributed by atoms with Crippen LogP contribution in [0.15, 0.2) is 5.82 Å². The summed E-state index contributed by atoms with van der Waals surface area (Å²) in [5.41, 5.74) is 9.38. The van der Waals surface area contributed by atoms with Crippen molar-refractivity contribution in [2.45, 2.75) is 0 Å². The van der Waals surface area contributed by atoms with E-state index in [-0.39, 0.29) is 5.82 Å². The monoisotopic (exact) mass is 71.0 g/mol. The molecule has 28 valence electrons. The zero-order chi connectivity index (χ0) is 4.28. The molecule has 0 aliphatic rings. The second-order valence-corrected chi connectivity index (χ2v) is 0.580. The van der Waals surface area contributed by atoms with Crippen LogP contribution in [0.4, 0.5) is 0 Å². The van der Waals surface area contributed by atoms with Crippen LogP contribution in [0, 0.1) is 5.41 Å². The second kappa shape index (κ2) is 1.38. The standard InChI is InChI=1S/C2H5N3/c3-1-2(4)5/h3H,4-5H2. The van der Waals surface area contributed by atoms with Crippen molar-refractivity contribution in [1.82, 2.24) is 0 Å². The maximum absolute atomic E-state index is 6.12. The molecule has 0 aromatic carbocycles. The quantitative estimate of drug-likeness (QED) is 0.320. The lowest BCUT2D eigenvalue weighted by molar-refractivity contribution is 1.28. The van der Waals surface area contributed by atoms with E-state index in [4.69, 9.17) is 5.41 Å². The Morgan fingerprint density at radius 3 is 1.80 bits per heavy atom. The zero-order valence-electron chi connectivity index (χ0n) is 2.65. The molecule has 0 heterocycles. The first-order valence-electron chi connectivity index (χ1n) is 1.08. The van der Waals surface area contributed by atoms with Gasteiger partial charge in [-0.15, -0.1) is 0 Å². The SMILES string of the molecule is N=C=C(N)N. The highest BCUT2D eigenvalue weighted by Gasteiger charge is 1.57. The average molecular weight is 71.1 g/mol. The smallest absolute Gasteiger partial charge is 0.157 e. The topological polar surface area (TPSA) is 75.9 Å². The first kappa shape index (κ1) is 4.05. The number of hydrogen-bond acceptors (Lipinski definition) is 3.